The number of hydrogen-bond donors (Lipinski definition) is 0. The molecule has 0 spiro atoms. The molecular weight excluding hydrogens is 299 g/mol. The normalized spacial score (nSPS) is 32.7. The van der Waals surface area contributed by atoms with Crippen LogP contribution in [0.25, 0.3) is 0 Å². The van der Waals surface area contributed by atoms with Crippen LogP contribution < -0.4 is 4.74 Å². The summed E-state index contributed by atoms with van der Waals surface area (Å²) in [6.45, 7) is 3.26. The van der Waals surface area contributed by atoms with E-state index in [4.69, 9.17) is 14.2 Å². The van der Waals surface area contributed by atoms with Crippen molar-refractivity contribution in [3.8, 4) is 5.88 Å². The maximum atomic E-state index is 13.9. The average Bonchev–Trinajstić information content (AvgIpc) is 2.86. The van der Waals surface area contributed by atoms with Crippen molar-refractivity contribution in [1.29, 1.82) is 0 Å². The minimum Gasteiger partial charge on any atom is -0.468 e. The maximum Gasteiger partial charge on any atom is 0.250 e. The lowest BCUT2D eigenvalue weighted by atomic mass is 10.0. The molecule has 1 saturated carbocycles. The Hall–Kier alpha value is -1.24. The van der Waals surface area contributed by atoms with Gasteiger partial charge >= 0.3 is 0 Å². The largest absolute Gasteiger partial charge is 0.468 e. The quantitative estimate of drug-likeness (QED) is 0.852. The second-order valence-electron chi connectivity index (χ2n) is 6.51. The molecule has 1 aromatic heterocycles. The Labute approximate surface area is 135 Å². The fraction of sp³-hybridized carbons (Fsp3) is 0.706. The molecule has 6 heteroatoms. The zero-order valence-corrected chi connectivity index (χ0v) is 13.2. The lowest BCUT2D eigenvalue weighted by Crippen LogP contribution is -2.51. The van der Waals surface area contributed by atoms with E-state index in [9.17, 15) is 4.39 Å². The fourth-order valence-corrected chi connectivity index (χ4v) is 4.13. The van der Waals surface area contributed by atoms with Gasteiger partial charge in [-0.1, -0.05) is 0 Å². The zero-order chi connectivity index (χ0) is 15.6. The molecule has 126 valence electrons. The van der Waals surface area contributed by atoms with Gasteiger partial charge in [-0.15, -0.1) is 0 Å². The second-order valence-corrected chi connectivity index (χ2v) is 6.51. The topological polar surface area (TPSA) is 43.8 Å². The van der Waals surface area contributed by atoms with Gasteiger partial charge in [-0.2, -0.15) is 0 Å². The summed E-state index contributed by atoms with van der Waals surface area (Å²) >= 11 is 0. The predicted molar refractivity (Wildman–Crippen MR) is 81.9 cm³/mol. The van der Waals surface area contributed by atoms with Crippen molar-refractivity contribution in [1.82, 2.24) is 9.88 Å². The molecule has 2 aliphatic heterocycles. The van der Waals surface area contributed by atoms with Gasteiger partial charge in [-0.05, 0) is 37.8 Å². The van der Waals surface area contributed by atoms with Crippen LogP contribution >= 0.6 is 0 Å². The van der Waals surface area contributed by atoms with Crippen LogP contribution in [0.1, 0.15) is 25.7 Å². The highest BCUT2D eigenvalue weighted by Gasteiger charge is 2.46. The minimum absolute atomic E-state index is 0.0336. The molecule has 3 heterocycles. The van der Waals surface area contributed by atoms with Crippen LogP contribution in [0.4, 0.5) is 4.39 Å². The van der Waals surface area contributed by atoms with Gasteiger partial charge in [-0.25, -0.2) is 9.37 Å². The van der Waals surface area contributed by atoms with Crippen LogP contribution in [0, 0.1) is 5.82 Å². The van der Waals surface area contributed by atoms with Gasteiger partial charge in [0.1, 0.15) is 6.10 Å². The van der Waals surface area contributed by atoms with Crippen molar-refractivity contribution in [3.63, 3.8) is 0 Å². The number of pyridine rings is 1. The highest BCUT2D eigenvalue weighted by atomic mass is 19.1. The third-order valence-electron chi connectivity index (χ3n) is 5.23. The smallest absolute Gasteiger partial charge is 0.250 e. The van der Waals surface area contributed by atoms with E-state index in [1.165, 1.54) is 6.07 Å². The van der Waals surface area contributed by atoms with E-state index in [0.29, 0.717) is 12.6 Å². The Morgan fingerprint density at radius 3 is 2.87 bits per heavy atom. The minimum atomic E-state index is -0.409. The van der Waals surface area contributed by atoms with Crippen LogP contribution in [0.3, 0.4) is 0 Å². The summed E-state index contributed by atoms with van der Waals surface area (Å²) in [5.41, 5.74) is 0. The molecule has 0 radical (unpaired) electrons. The first kappa shape index (κ1) is 15.3. The molecule has 3 fully saturated rings. The van der Waals surface area contributed by atoms with Gasteiger partial charge in [0.2, 0.25) is 0 Å². The molecule has 3 aliphatic rings. The molecule has 4 rings (SSSR count). The van der Waals surface area contributed by atoms with E-state index in [2.05, 4.69) is 9.88 Å². The third kappa shape index (κ3) is 3.07. The molecule has 23 heavy (non-hydrogen) atoms. The molecule has 0 N–H and O–H groups in total. The van der Waals surface area contributed by atoms with Crippen LogP contribution in [0.2, 0.25) is 0 Å². The van der Waals surface area contributed by atoms with Crippen LogP contribution in [-0.2, 0) is 9.47 Å². The Morgan fingerprint density at radius 1 is 1.17 bits per heavy atom. The zero-order valence-electron chi connectivity index (χ0n) is 13.2. The Kier molecular flexibility index (Phi) is 4.46. The molecule has 1 aromatic rings. The highest BCUT2D eigenvalue weighted by Crippen LogP contribution is 2.35. The Morgan fingerprint density at radius 2 is 2.04 bits per heavy atom. The second kappa shape index (κ2) is 6.71. The fourth-order valence-electron chi connectivity index (χ4n) is 4.13. The van der Waals surface area contributed by atoms with Crippen molar-refractivity contribution >= 4 is 0 Å². The third-order valence-corrected chi connectivity index (χ3v) is 5.23. The number of ether oxygens (including phenoxy) is 3. The first-order chi connectivity index (χ1) is 11.3. The van der Waals surface area contributed by atoms with Crippen LogP contribution in [0.5, 0.6) is 5.88 Å². The summed E-state index contributed by atoms with van der Waals surface area (Å²) in [7, 11) is 0. The number of aromatic nitrogens is 1. The molecule has 0 aromatic carbocycles. The van der Waals surface area contributed by atoms with Crippen molar-refractivity contribution in [3.05, 3.63) is 24.1 Å². The van der Waals surface area contributed by atoms with Crippen LogP contribution in [0.15, 0.2) is 18.3 Å². The van der Waals surface area contributed by atoms with E-state index >= 15 is 0 Å². The predicted octanol–water partition coefficient (Wildman–Crippen LogP) is 2.01. The monoisotopic (exact) mass is 322 g/mol. The summed E-state index contributed by atoms with van der Waals surface area (Å²) in [6, 6.07) is 3.74. The molecule has 2 saturated heterocycles. The standard InChI is InChI=1S/C17H23FN2O3/c18-13-2-1-7-19-17(13)23-16-14-3-4-15(16)22-11-8-20(14)12-5-9-21-10-6-12/h1-2,7,12,14-16H,3-6,8-11H2/t14-,15-,16-/m1/s1. The van der Waals surface area contributed by atoms with Gasteiger partial charge in [0.25, 0.3) is 5.88 Å². The summed E-state index contributed by atoms with van der Waals surface area (Å²) < 4.78 is 31.4. The summed E-state index contributed by atoms with van der Waals surface area (Å²) in [6.07, 6.45) is 5.53. The van der Waals surface area contributed by atoms with Gasteiger partial charge in [0.15, 0.2) is 5.82 Å². The van der Waals surface area contributed by atoms with E-state index in [1.54, 1.807) is 12.3 Å². The first-order valence-electron chi connectivity index (χ1n) is 8.55. The number of hydrogen-bond acceptors (Lipinski definition) is 5. The molecule has 5 nitrogen and oxygen atoms in total. The van der Waals surface area contributed by atoms with Crippen molar-refractivity contribution in [2.24, 2.45) is 0 Å². The van der Waals surface area contributed by atoms with E-state index in [-0.39, 0.29) is 24.1 Å². The molecule has 1 aliphatic carbocycles. The number of halogens is 1. The maximum absolute atomic E-state index is 13.9. The molecular formula is C17H23FN2O3. The lowest BCUT2D eigenvalue weighted by Gasteiger charge is -2.39. The number of nitrogens with zero attached hydrogens (tertiary/aromatic N) is 2. The molecule has 0 amide bonds. The summed E-state index contributed by atoms with van der Waals surface area (Å²) in [5.74, 6) is -0.319. The Bertz CT molecular complexity index is 538. The number of fused-ring (bicyclic) bond motifs is 2. The van der Waals surface area contributed by atoms with Crippen molar-refractivity contribution in [2.75, 3.05) is 26.4 Å². The molecule has 3 atom stereocenters. The van der Waals surface area contributed by atoms with Crippen molar-refractivity contribution < 1.29 is 18.6 Å². The summed E-state index contributed by atoms with van der Waals surface area (Å²) in [4.78, 5) is 6.56. The van der Waals surface area contributed by atoms with E-state index < -0.39 is 5.82 Å². The van der Waals surface area contributed by atoms with Gasteiger partial charge in [0, 0.05) is 38.0 Å². The SMILES string of the molecule is Fc1cccnc1O[C@@H]1[C@H]2CC[C@H]1OCCN2C1CCOCC1. The molecule has 2 bridgehead atoms. The number of rotatable bonds is 3. The average molecular weight is 322 g/mol. The first-order valence-corrected chi connectivity index (χ1v) is 8.55. The van der Waals surface area contributed by atoms with E-state index in [0.717, 1.165) is 45.4 Å². The van der Waals surface area contributed by atoms with Crippen molar-refractivity contribution in [2.45, 2.75) is 50.0 Å². The summed E-state index contributed by atoms with van der Waals surface area (Å²) in [5, 5.41) is 0. The highest BCUT2D eigenvalue weighted by molar-refractivity contribution is 5.15. The van der Waals surface area contributed by atoms with Gasteiger partial charge < -0.3 is 14.2 Å². The van der Waals surface area contributed by atoms with E-state index in [1.807, 2.05) is 0 Å². The van der Waals surface area contributed by atoms with Gasteiger partial charge in [0.05, 0.1) is 12.7 Å². The van der Waals surface area contributed by atoms with Crippen LogP contribution in [-0.4, -0.2) is 60.5 Å². The Balaban J connectivity index is 1.54. The molecule has 0 unspecified atom stereocenters. The van der Waals surface area contributed by atoms with Gasteiger partial charge in [-0.3, -0.25) is 4.90 Å². The lowest BCUT2D eigenvalue weighted by molar-refractivity contribution is -0.00636.